The summed E-state index contributed by atoms with van der Waals surface area (Å²) in [5.41, 5.74) is 0.284. The lowest BCUT2D eigenvalue weighted by Gasteiger charge is -2.29. The van der Waals surface area contributed by atoms with Gasteiger partial charge >= 0.3 is 0 Å². The molecule has 0 saturated heterocycles. The molecule has 132 valence electrons. The molecular formula is C18H17Cl2FN2O2. The van der Waals surface area contributed by atoms with Crippen molar-refractivity contribution in [1.82, 2.24) is 10.3 Å². The van der Waals surface area contributed by atoms with E-state index < -0.39 is 5.82 Å². The number of rotatable bonds is 4. The first-order valence-electron chi connectivity index (χ1n) is 8.05. The normalized spacial score (nSPS) is 20.1. The fraction of sp³-hybridized carbons (Fsp3) is 0.333. The number of amides is 1. The van der Waals surface area contributed by atoms with Crippen molar-refractivity contribution in [1.29, 1.82) is 0 Å². The molecule has 1 aliphatic carbocycles. The predicted molar refractivity (Wildman–Crippen MR) is 94.8 cm³/mol. The molecule has 0 unspecified atom stereocenters. The molecule has 1 fully saturated rings. The van der Waals surface area contributed by atoms with E-state index in [1.54, 1.807) is 18.3 Å². The van der Waals surface area contributed by atoms with Gasteiger partial charge in [-0.1, -0.05) is 23.2 Å². The third-order valence-electron chi connectivity index (χ3n) is 4.17. The Morgan fingerprint density at radius 2 is 1.92 bits per heavy atom. The van der Waals surface area contributed by atoms with Crippen molar-refractivity contribution in [2.24, 2.45) is 0 Å². The first-order chi connectivity index (χ1) is 12.0. The van der Waals surface area contributed by atoms with Crippen LogP contribution in [-0.4, -0.2) is 23.0 Å². The Balaban J connectivity index is 1.50. The van der Waals surface area contributed by atoms with Crippen molar-refractivity contribution in [2.45, 2.75) is 37.8 Å². The molecular weight excluding hydrogens is 366 g/mol. The smallest absolute Gasteiger partial charge is 0.253 e. The highest BCUT2D eigenvalue weighted by atomic mass is 35.5. The van der Waals surface area contributed by atoms with Crippen LogP contribution in [0.25, 0.3) is 0 Å². The Morgan fingerprint density at radius 1 is 1.16 bits per heavy atom. The van der Waals surface area contributed by atoms with Gasteiger partial charge in [-0.2, -0.15) is 0 Å². The number of aromatic nitrogens is 1. The topological polar surface area (TPSA) is 51.2 Å². The molecule has 0 aliphatic heterocycles. The number of halogens is 3. The highest BCUT2D eigenvalue weighted by Gasteiger charge is 2.24. The van der Waals surface area contributed by atoms with Crippen LogP contribution in [0.15, 0.2) is 36.5 Å². The highest BCUT2D eigenvalue weighted by molar-refractivity contribution is 6.33. The molecule has 1 heterocycles. The van der Waals surface area contributed by atoms with E-state index in [9.17, 15) is 9.18 Å². The third-order valence-corrected chi connectivity index (χ3v) is 4.71. The Hall–Kier alpha value is -1.85. The summed E-state index contributed by atoms with van der Waals surface area (Å²) in [6, 6.07) is 7.29. The number of carbonyl (C=O) groups excluding carboxylic acids is 1. The van der Waals surface area contributed by atoms with Crippen LogP contribution in [0, 0.1) is 5.82 Å². The fourth-order valence-electron chi connectivity index (χ4n) is 2.86. The fourth-order valence-corrected chi connectivity index (χ4v) is 3.23. The molecule has 4 nitrogen and oxygen atoms in total. The second kappa shape index (κ2) is 8.02. The zero-order valence-corrected chi connectivity index (χ0v) is 14.9. The average Bonchev–Trinajstić information content (AvgIpc) is 2.58. The number of benzene rings is 1. The summed E-state index contributed by atoms with van der Waals surface area (Å²) in [4.78, 5) is 16.4. The Bertz CT molecular complexity index is 747. The molecule has 1 aromatic heterocycles. The van der Waals surface area contributed by atoms with Gasteiger partial charge in [0, 0.05) is 18.3 Å². The van der Waals surface area contributed by atoms with Gasteiger partial charge in [-0.05, 0) is 49.9 Å². The monoisotopic (exact) mass is 382 g/mol. The molecule has 1 amide bonds. The summed E-state index contributed by atoms with van der Waals surface area (Å²) in [7, 11) is 0. The number of carbonyl (C=O) groups is 1. The van der Waals surface area contributed by atoms with Gasteiger partial charge in [-0.25, -0.2) is 9.37 Å². The van der Waals surface area contributed by atoms with Crippen LogP contribution in [0.3, 0.4) is 0 Å². The van der Waals surface area contributed by atoms with Gasteiger partial charge in [0.1, 0.15) is 11.9 Å². The van der Waals surface area contributed by atoms with Crippen molar-refractivity contribution in [3.63, 3.8) is 0 Å². The SMILES string of the molecule is O=C(NC1CCC(Oc2ccc(Cl)cn2)CC1)c1ccc(F)cc1Cl. The van der Waals surface area contributed by atoms with Gasteiger partial charge < -0.3 is 10.1 Å². The van der Waals surface area contributed by atoms with E-state index in [1.807, 2.05) is 0 Å². The minimum absolute atomic E-state index is 0.0478. The van der Waals surface area contributed by atoms with Crippen LogP contribution < -0.4 is 10.1 Å². The molecule has 1 N–H and O–H groups in total. The number of nitrogens with zero attached hydrogens (tertiary/aromatic N) is 1. The van der Waals surface area contributed by atoms with Crippen LogP contribution >= 0.6 is 23.2 Å². The summed E-state index contributed by atoms with van der Waals surface area (Å²) < 4.78 is 18.9. The Labute approximate surface area is 155 Å². The highest BCUT2D eigenvalue weighted by Crippen LogP contribution is 2.24. The molecule has 3 rings (SSSR count). The molecule has 1 saturated carbocycles. The van der Waals surface area contributed by atoms with Crippen LogP contribution in [0.4, 0.5) is 4.39 Å². The van der Waals surface area contributed by atoms with Crippen molar-refractivity contribution in [2.75, 3.05) is 0 Å². The second-order valence-electron chi connectivity index (χ2n) is 6.00. The number of hydrogen-bond acceptors (Lipinski definition) is 3. The number of hydrogen-bond donors (Lipinski definition) is 1. The van der Waals surface area contributed by atoms with Gasteiger partial charge in [-0.15, -0.1) is 0 Å². The summed E-state index contributed by atoms with van der Waals surface area (Å²) in [6.07, 6.45) is 4.83. The molecule has 7 heteroatoms. The van der Waals surface area contributed by atoms with Crippen molar-refractivity contribution >= 4 is 29.1 Å². The van der Waals surface area contributed by atoms with Crippen LogP contribution in [0.1, 0.15) is 36.0 Å². The number of nitrogens with one attached hydrogen (secondary N) is 1. The lowest BCUT2D eigenvalue weighted by Crippen LogP contribution is -2.39. The van der Waals surface area contributed by atoms with E-state index in [2.05, 4.69) is 10.3 Å². The predicted octanol–water partition coefficient (Wildman–Crippen LogP) is 4.65. The summed E-state index contributed by atoms with van der Waals surface area (Å²) in [5, 5.41) is 3.63. The summed E-state index contributed by atoms with van der Waals surface area (Å²) >= 11 is 11.7. The van der Waals surface area contributed by atoms with Gasteiger partial charge in [0.05, 0.1) is 15.6 Å². The molecule has 0 radical (unpaired) electrons. The molecule has 0 spiro atoms. The third kappa shape index (κ3) is 4.83. The van der Waals surface area contributed by atoms with Gasteiger partial charge in [0.15, 0.2) is 0 Å². The molecule has 0 atom stereocenters. The lowest BCUT2D eigenvalue weighted by molar-refractivity contribution is 0.0890. The van der Waals surface area contributed by atoms with Crippen molar-refractivity contribution in [3.05, 3.63) is 58.0 Å². The molecule has 1 aliphatic rings. The summed E-state index contributed by atoms with van der Waals surface area (Å²) in [5.74, 6) is -0.196. The quantitative estimate of drug-likeness (QED) is 0.837. The molecule has 25 heavy (non-hydrogen) atoms. The lowest BCUT2D eigenvalue weighted by atomic mass is 9.92. The largest absolute Gasteiger partial charge is 0.474 e. The number of ether oxygens (including phenoxy) is 1. The maximum Gasteiger partial charge on any atom is 0.253 e. The van der Waals surface area contributed by atoms with Gasteiger partial charge in [0.2, 0.25) is 5.88 Å². The van der Waals surface area contributed by atoms with Crippen LogP contribution in [-0.2, 0) is 0 Å². The standard InChI is InChI=1S/C18H17Cl2FN2O2/c19-11-1-8-17(22-10-11)25-14-5-3-13(4-6-14)23-18(24)15-7-2-12(21)9-16(15)20/h1-2,7-10,13-14H,3-6H2,(H,23,24). The van der Waals surface area contributed by atoms with E-state index >= 15 is 0 Å². The molecule has 1 aromatic carbocycles. The van der Waals surface area contributed by atoms with E-state index in [0.29, 0.717) is 10.9 Å². The number of pyridine rings is 1. The minimum atomic E-state index is -0.463. The summed E-state index contributed by atoms with van der Waals surface area (Å²) in [6.45, 7) is 0. The van der Waals surface area contributed by atoms with Crippen LogP contribution in [0.2, 0.25) is 10.0 Å². The zero-order chi connectivity index (χ0) is 17.8. The van der Waals surface area contributed by atoms with E-state index in [-0.39, 0.29) is 28.6 Å². The maximum atomic E-state index is 13.1. The Kier molecular flexibility index (Phi) is 5.76. The molecule has 2 aromatic rings. The second-order valence-corrected chi connectivity index (χ2v) is 6.85. The minimum Gasteiger partial charge on any atom is -0.474 e. The van der Waals surface area contributed by atoms with Gasteiger partial charge in [0.25, 0.3) is 5.91 Å². The Morgan fingerprint density at radius 3 is 2.56 bits per heavy atom. The van der Waals surface area contributed by atoms with Gasteiger partial charge in [-0.3, -0.25) is 4.79 Å². The molecule has 0 bridgehead atoms. The van der Waals surface area contributed by atoms with Crippen LogP contribution in [0.5, 0.6) is 5.88 Å². The van der Waals surface area contributed by atoms with Crippen molar-refractivity contribution < 1.29 is 13.9 Å². The first kappa shape index (κ1) is 18.0. The zero-order valence-electron chi connectivity index (χ0n) is 13.3. The maximum absolute atomic E-state index is 13.1. The first-order valence-corrected chi connectivity index (χ1v) is 8.81. The van der Waals surface area contributed by atoms with Crippen molar-refractivity contribution in [3.8, 4) is 5.88 Å². The van der Waals surface area contributed by atoms with E-state index in [1.165, 1.54) is 12.1 Å². The average molecular weight is 383 g/mol. The van der Waals surface area contributed by atoms with E-state index in [4.69, 9.17) is 27.9 Å². The van der Waals surface area contributed by atoms with E-state index in [0.717, 1.165) is 31.7 Å².